The quantitative estimate of drug-likeness (QED) is 0.434. The Bertz CT molecular complexity index is 1040. The number of nitrogens with one attached hydrogen (secondary N) is 1. The molecule has 0 amide bonds. The summed E-state index contributed by atoms with van der Waals surface area (Å²) in [5.74, 6) is 0.735. The second-order valence-corrected chi connectivity index (χ2v) is 5.59. The van der Waals surface area contributed by atoms with Crippen LogP contribution in [0.25, 0.3) is 21.8 Å². The molecule has 0 aliphatic carbocycles. The number of hydrogen-bond acceptors (Lipinski definition) is 3. The molecule has 4 rings (SSSR count). The van der Waals surface area contributed by atoms with E-state index < -0.39 is 0 Å². The number of rotatable bonds is 4. The highest BCUT2D eigenvalue weighted by Crippen LogP contribution is 2.31. The van der Waals surface area contributed by atoms with Gasteiger partial charge in [-0.15, -0.1) is 0 Å². The smallest absolute Gasteiger partial charge is 0.270 e. The van der Waals surface area contributed by atoms with Gasteiger partial charge in [0.2, 0.25) is 0 Å². The van der Waals surface area contributed by atoms with E-state index in [0.717, 1.165) is 33.1 Å². The monoisotopic (exact) mass is 318 g/mol. The molecule has 5 heteroatoms. The topological polar surface area (TPSA) is 68.2 Å². The molecule has 118 valence electrons. The number of benzene rings is 3. The van der Waals surface area contributed by atoms with Gasteiger partial charge in [-0.3, -0.25) is 10.1 Å². The minimum Gasteiger partial charge on any atom is -0.489 e. The molecule has 0 aliphatic heterocycles. The van der Waals surface area contributed by atoms with Gasteiger partial charge in [0.1, 0.15) is 12.4 Å². The van der Waals surface area contributed by atoms with Gasteiger partial charge in [0.05, 0.1) is 4.92 Å². The summed E-state index contributed by atoms with van der Waals surface area (Å²) in [6, 6.07) is 20.5. The predicted molar refractivity (Wildman–Crippen MR) is 93.2 cm³/mol. The molecule has 3 aromatic carbocycles. The first kappa shape index (κ1) is 14.3. The number of nitrogens with zero attached hydrogens (tertiary/aromatic N) is 1. The molecule has 4 aromatic rings. The number of fused-ring (bicyclic) bond motifs is 3. The van der Waals surface area contributed by atoms with E-state index in [9.17, 15) is 10.1 Å². The molecular formula is C19H14N2O3. The van der Waals surface area contributed by atoms with Crippen molar-refractivity contribution in [1.82, 2.24) is 4.98 Å². The van der Waals surface area contributed by atoms with Gasteiger partial charge in [0.25, 0.3) is 5.69 Å². The van der Waals surface area contributed by atoms with Gasteiger partial charge < -0.3 is 9.72 Å². The summed E-state index contributed by atoms with van der Waals surface area (Å²) in [5.41, 5.74) is 2.97. The lowest BCUT2D eigenvalue weighted by Gasteiger charge is -2.06. The molecule has 0 saturated carbocycles. The molecule has 5 nitrogen and oxygen atoms in total. The Morgan fingerprint density at radius 3 is 2.38 bits per heavy atom. The molecule has 0 spiro atoms. The highest BCUT2D eigenvalue weighted by molar-refractivity contribution is 6.08. The molecule has 1 heterocycles. The molecule has 24 heavy (non-hydrogen) atoms. The Morgan fingerprint density at radius 1 is 0.917 bits per heavy atom. The first-order chi connectivity index (χ1) is 11.7. The van der Waals surface area contributed by atoms with Crippen LogP contribution in [0.1, 0.15) is 5.56 Å². The summed E-state index contributed by atoms with van der Waals surface area (Å²) < 4.78 is 5.85. The highest BCUT2D eigenvalue weighted by atomic mass is 16.6. The number of ether oxygens (including phenoxy) is 1. The second kappa shape index (κ2) is 5.70. The van der Waals surface area contributed by atoms with Crippen LogP contribution >= 0.6 is 0 Å². The van der Waals surface area contributed by atoms with E-state index in [2.05, 4.69) is 4.98 Å². The Hall–Kier alpha value is -3.34. The fraction of sp³-hybridized carbons (Fsp3) is 0.0526. The highest BCUT2D eigenvalue weighted by Gasteiger charge is 2.11. The van der Waals surface area contributed by atoms with E-state index in [1.807, 2.05) is 48.5 Å². The number of aromatic amines is 1. The van der Waals surface area contributed by atoms with Crippen molar-refractivity contribution in [2.45, 2.75) is 6.61 Å². The average molecular weight is 318 g/mol. The van der Waals surface area contributed by atoms with E-state index >= 15 is 0 Å². The summed E-state index contributed by atoms with van der Waals surface area (Å²) in [4.78, 5) is 13.9. The summed E-state index contributed by atoms with van der Waals surface area (Å²) in [5, 5.41) is 12.7. The normalized spacial score (nSPS) is 11.0. The molecule has 0 unspecified atom stereocenters. The van der Waals surface area contributed by atoms with Crippen LogP contribution in [0, 0.1) is 10.1 Å². The molecular weight excluding hydrogens is 304 g/mol. The zero-order valence-corrected chi connectivity index (χ0v) is 12.7. The van der Waals surface area contributed by atoms with Gasteiger partial charge in [-0.05, 0) is 29.8 Å². The minimum atomic E-state index is -0.381. The second-order valence-electron chi connectivity index (χ2n) is 5.59. The zero-order chi connectivity index (χ0) is 16.5. The van der Waals surface area contributed by atoms with E-state index in [4.69, 9.17) is 4.74 Å². The average Bonchev–Trinajstić information content (AvgIpc) is 2.98. The molecule has 0 bridgehead atoms. The number of nitro benzene ring substituents is 1. The maximum absolute atomic E-state index is 11.0. The van der Waals surface area contributed by atoms with Crippen LogP contribution in [0.2, 0.25) is 0 Å². The standard InChI is InChI=1S/C19H14N2O3/c22-21(23)14-6-8-18-16(10-14)17-11-15(7-9-19(17)20-18)24-12-13-4-2-1-3-5-13/h1-11,20H,12H2. The maximum atomic E-state index is 11.0. The van der Waals surface area contributed by atoms with E-state index in [1.54, 1.807) is 12.1 Å². The van der Waals surface area contributed by atoms with Crippen molar-refractivity contribution in [3.8, 4) is 5.75 Å². The Labute approximate surface area is 137 Å². The number of non-ortho nitro benzene ring substituents is 1. The summed E-state index contributed by atoms with van der Waals surface area (Å²) in [6.07, 6.45) is 0. The van der Waals surface area contributed by atoms with Gasteiger partial charge in [-0.1, -0.05) is 30.3 Å². The molecule has 0 radical (unpaired) electrons. The first-order valence-electron chi connectivity index (χ1n) is 7.57. The lowest BCUT2D eigenvalue weighted by Crippen LogP contribution is -1.94. The predicted octanol–water partition coefficient (Wildman–Crippen LogP) is 4.81. The van der Waals surface area contributed by atoms with Crippen molar-refractivity contribution in [1.29, 1.82) is 0 Å². The van der Waals surface area contributed by atoms with Gasteiger partial charge in [-0.25, -0.2) is 0 Å². The summed E-state index contributed by atoms with van der Waals surface area (Å²) in [7, 11) is 0. The number of H-pyrrole nitrogens is 1. The molecule has 0 saturated heterocycles. The Balaban J connectivity index is 1.71. The van der Waals surface area contributed by atoms with Gasteiger partial charge >= 0.3 is 0 Å². The molecule has 0 atom stereocenters. The molecule has 1 aromatic heterocycles. The zero-order valence-electron chi connectivity index (χ0n) is 12.7. The van der Waals surface area contributed by atoms with E-state index in [1.165, 1.54) is 6.07 Å². The maximum Gasteiger partial charge on any atom is 0.270 e. The summed E-state index contributed by atoms with van der Waals surface area (Å²) in [6.45, 7) is 0.481. The van der Waals surface area contributed by atoms with Gasteiger partial charge in [-0.2, -0.15) is 0 Å². The van der Waals surface area contributed by atoms with Crippen LogP contribution in [-0.2, 0) is 6.61 Å². The van der Waals surface area contributed by atoms with Crippen molar-refractivity contribution in [2.24, 2.45) is 0 Å². The Morgan fingerprint density at radius 2 is 1.62 bits per heavy atom. The lowest BCUT2D eigenvalue weighted by molar-refractivity contribution is -0.384. The minimum absolute atomic E-state index is 0.0824. The number of aromatic nitrogens is 1. The number of nitro groups is 1. The first-order valence-corrected chi connectivity index (χ1v) is 7.57. The summed E-state index contributed by atoms with van der Waals surface area (Å²) >= 11 is 0. The molecule has 0 aliphatic rings. The van der Waals surface area contributed by atoms with Crippen LogP contribution in [0.5, 0.6) is 5.75 Å². The van der Waals surface area contributed by atoms with Crippen molar-refractivity contribution < 1.29 is 9.66 Å². The van der Waals surface area contributed by atoms with Crippen molar-refractivity contribution >= 4 is 27.5 Å². The van der Waals surface area contributed by atoms with Gasteiger partial charge in [0.15, 0.2) is 0 Å². The SMILES string of the molecule is O=[N+]([O-])c1ccc2[nH]c3ccc(OCc4ccccc4)cc3c2c1. The van der Waals surface area contributed by atoms with Crippen LogP contribution < -0.4 is 4.74 Å². The lowest BCUT2D eigenvalue weighted by atomic mass is 10.1. The molecule has 0 fully saturated rings. The van der Waals surface area contributed by atoms with Crippen LogP contribution in [0.4, 0.5) is 5.69 Å². The third-order valence-corrected chi connectivity index (χ3v) is 4.01. The van der Waals surface area contributed by atoms with Gasteiger partial charge in [0, 0.05) is 33.9 Å². The van der Waals surface area contributed by atoms with Crippen molar-refractivity contribution in [3.63, 3.8) is 0 Å². The molecule has 1 N–H and O–H groups in total. The Kier molecular flexibility index (Phi) is 3.39. The van der Waals surface area contributed by atoms with Crippen molar-refractivity contribution in [2.75, 3.05) is 0 Å². The number of hydrogen-bond donors (Lipinski definition) is 1. The fourth-order valence-electron chi connectivity index (χ4n) is 2.81. The van der Waals surface area contributed by atoms with Crippen LogP contribution in [-0.4, -0.2) is 9.91 Å². The van der Waals surface area contributed by atoms with Crippen molar-refractivity contribution in [3.05, 3.63) is 82.4 Å². The van der Waals surface area contributed by atoms with E-state index in [-0.39, 0.29) is 10.6 Å². The van der Waals surface area contributed by atoms with E-state index in [0.29, 0.717) is 6.61 Å². The van der Waals surface area contributed by atoms with Crippen LogP contribution in [0.15, 0.2) is 66.7 Å². The third-order valence-electron chi connectivity index (χ3n) is 4.01. The fourth-order valence-corrected chi connectivity index (χ4v) is 2.81. The largest absolute Gasteiger partial charge is 0.489 e. The third kappa shape index (κ3) is 2.56. The van der Waals surface area contributed by atoms with Crippen LogP contribution in [0.3, 0.4) is 0 Å².